The molecule has 1 aromatic heterocycles. The molecule has 6 nitrogen and oxygen atoms in total. The molecule has 0 atom stereocenters. The molecular formula is C12H16N2O4S. The van der Waals surface area contributed by atoms with Crippen molar-refractivity contribution in [1.29, 1.82) is 0 Å². The number of sulfone groups is 1. The Hall–Kier alpha value is -1.63. The van der Waals surface area contributed by atoms with Gasteiger partial charge >= 0.3 is 0 Å². The molecule has 0 N–H and O–H groups in total. The normalized spacial score (nSPS) is 18.3. The third-order valence-corrected chi connectivity index (χ3v) is 4.76. The summed E-state index contributed by atoms with van der Waals surface area (Å²) in [4.78, 5) is 25.1. The van der Waals surface area contributed by atoms with Crippen LogP contribution in [0.2, 0.25) is 0 Å². The van der Waals surface area contributed by atoms with Crippen LogP contribution in [0.25, 0.3) is 0 Å². The van der Waals surface area contributed by atoms with E-state index in [2.05, 4.69) is 0 Å². The molecule has 7 heteroatoms. The predicted octanol–water partition coefficient (Wildman–Crippen LogP) is -0.586. The summed E-state index contributed by atoms with van der Waals surface area (Å²) >= 11 is 0. The summed E-state index contributed by atoms with van der Waals surface area (Å²) in [5.74, 6) is -0.218. The smallest absolute Gasteiger partial charge is 0.251 e. The van der Waals surface area contributed by atoms with Crippen molar-refractivity contribution in [1.82, 2.24) is 9.47 Å². The van der Waals surface area contributed by atoms with Crippen LogP contribution in [-0.2, 0) is 21.2 Å². The Bertz CT molecular complexity index is 634. The fourth-order valence-corrected chi connectivity index (χ4v) is 3.15. The van der Waals surface area contributed by atoms with Gasteiger partial charge in [0.2, 0.25) is 5.91 Å². The van der Waals surface area contributed by atoms with Crippen LogP contribution in [0.5, 0.6) is 0 Å². The van der Waals surface area contributed by atoms with Gasteiger partial charge in [0, 0.05) is 25.4 Å². The Morgan fingerprint density at radius 1 is 1.32 bits per heavy atom. The van der Waals surface area contributed by atoms with E-state index < -0.39 is 9.84 Å². The minimum atomic E-state index is -3.00. The van der Waals surface area contributed by atoms with E-state index in [0.29, 0.717) is 0 Å². The zero-order valence-electron chi connectivity index (χ0n) is 10.7. The first-order valence-corrected chi connectivity index (χ1v) is 7.85. The predicted molar refractivity (Wildman–Crippen MR) is 70.7 cm³/mol. The lowest BCUT2D eigenvalue weighted by molar-refractivity contribution is -0.131. The van der Waals surface area contributed by atoms with Crippen LogP contribution < -0.4 is 5.56 Å². The second kappa shape index (κ2) is 5.16. The molecule has 1 aromatic rings. The molecule has 1 aliphatic rings. The quantitative estimate of drug-likeness (QED) is 0.727. The van der Waals surface area contributed by atoms with Crippen LogP contribution in [-0.4, -0.2) is 48.4 Å². The van der Waals surface area contributed by atoms with Crippen molar-refractivity contribution in [2.24, 2.45) is 0 Å². The van der Waals surface area contributed by atoms with Crippen molar-refractivity contribution in [2.75, 3.05) is 24.6 Å². The number of amides is 1. The van der Waals surface area contributed by atoms with Crippen molar-refractivity contribution in [2.45, 2.75) is 13.5 Å². The summed E-state index contributed by atoms with van der Waals surface area (Å²) in [6.07, 6.45) is 1.58. The molecule has 19 heavy (non-hydrogen) atoms. The molecule has 0 radical (unpaired) electrons. The van der Waals surface area contributed by atoms with Gasteiger partial charge in [-0.1, -0.05) is 0 Å². The summed E-state index contributed by atoms with van der Waals surface area (Å²) in [7, 11) is -3.00. The first-order valence-electron chi connectivity index (χ1n) is 6.03. The molecule has 1 aliphatic heterocycles. The lowest BCUT2D eigenvalue weighted by Gasteiger charge is -2.26. The zero-order valence-corrected chi connectivity index (χ0v) is 11.5. The molecule has 0 bridgehead atoms. The van der Waals surface area contributed by atoms with Crippen molar-refractivity contribution in [3.63, 3.8) is 0 Å². The second-order valence-corrected chi connectivity index (χ2v) is 7.01. The Labute approximate surface area is 111 Å². The van der Waals surface area contributed by atoms with E-state index in [-0.39, 0.29) is 42.6 Å². The summed E-state index contributed by atoms with van der Waals surface area (Å²) in [5, 5.41) is 0. The number of aromatic nitrogens is 1. The monoisotopic (exact) mass is 284 g/mol. The average Bonchev–Trinajstić information content (AvgIpc) is 2.32. The lowest BCUT2D eigenvalue weighted by Crippen LogP contribution is -2.45. The van der Waals surface area contributed by atoms with Crippen LogP contribution in [0.4, 0.5) is 0 Å². The maximum Gasteiger partial charge on any atom is 0.251 e. The summed E-state index contributed by atoms with van der Waals surface area (Å²) in [5.41, 5.74) is 0.621. The van der Waals surface area contributed by atoms with Gasteiger partial charge in [-0.3, -0.25) is 9.59 Å². The van der Waals surface area contributed by atoms with Gasteiger partial charge in [-0.15, -0.1) is 0 Å². The molecule has 0 saturated carbocycles. The van der Waals surface area contributed by atoms with E-state index in [4.69, 9.17) is 0 Å². The Kier molecular flexibility index (Phi) is 3.75. The first kappa shape index (κ1) is 13.8. The number of hydrogen-bond acceptors (Lipinski definition) is 4. The average molecular weight is 284 g/mol. The highest BCUT2D eigenvalue weighted by molar-refractivity contribution is 7.91. The van der Waals surface area contributed by atoms with Gasteiger partial charge in [-0.2, -0.15) is 0 Å². The summed E-state index contributed by atoms with van der Waals surface area (Å²) < 4.78 is 23.9. The van der Waals surface area contributed by atoms with E-state index in [1.54, 1.807) is 12.3 Å². The minimum Gasteiger partial charge on any atom is -0.339 e. The number of carbonyl (C=O) groups is 1. The van der Waals surface area contributed by atoms with Crippen molar-refractivity contribution >= 4 is 15.7 Å². The third-order valence-electron chi connectivity index (χ3n) is 3.15. The number of carbonyl (C=O) groups excluding carboxylic acids is 1. The SMILES string of the molecule is Cc1ccn(CC(=O)N2CCS(=O)(=O)CC2)c(=O)c1. The highest BCUT2D eigenvalue weighted by Crippen LogP contribution is 2.04. The molecule has 1 amide bonds. The van der Waals surface area contributed by atoms with Gasteiger partial charge in [0.25, 0.3) is 5.56 Å². The molecule has 0 aromatic carbocycles. The van der Waals surface area contributed by atoms with E-state index in [1.165, 1.54) is 15.5 Å². The number of pyridine rings is 1. The summed E-state index contributed by atoms with van der Waals surface area (Å²) in [6, 6.07) is 3.23. The molecular weight excluding hydrogens is 268 g/mol. The van der Waals surface area contributed by atoms with Crippen LogP contribution in [0.15, 0.2) is 23.1 Å². The number of hydrogen-bond donors (Lipinski definition) is 0. The molecule has 2 heterocycles. The van der Waals surface area contributed by atoms with E-state index >= 15 is 0 Å². The van der Waals surface area contributed by atoms with Crippen molar-refractivity contribution < 1.29 is 13.2 Å². The molecule has 0 aliphatic carbocycles. The maximum atomic E-state index is 12.0. The van der Waals surface area contributed by atoms with E-state index in [0.717, 1.165) is 5.56 Å². The molecule has 0 unspecified atom stereocenters. The highest BCUT2D eigenvalue weighted by Gasteiger charge is 2.24. The Balaban J connectivity index is 2.04. The number of nitrogens with zero attached hydrogens (tertiary/aromatic N) is 2. The molecule has 1 fully saturated rings. The molecule has 0 spiro atoms. The van der Waals surface area contributed by atoms with Crippen LogP contribution in [0.1, 0.15) is 5.56 Å². The maximum absolute atomic E-state index is 12.0. The van der Waals surface area contributed by atoms with Gasteiger partial charge in [0.1, 0.15) is 6.54 Å². The minimum absolute atomic E-state index is 0.00152. The number of rotatable bonds is 2. The standard InChI is InChI=1S/C12H16N2O4S/c1-10-2-3-14(11(15)8-10)9-12(16)13-4-6-19(17,18)7-5-13/h2-3,8H,4-7,9H2,1H3. The van der Waals surface area contributed by atoms with Crippen molar-refractivity contribution in [3.8, 4) is 0 Å². The van der Waals surface area contributed by atoms with Gasteiger partial charge in [0.15, 0.2) is 9.84 Å². The van der Waals surface area contributed by atoms with E-state index in [9.17, 15) is 18.0 Å². The van der Waals surface area contributed by atoms with Crippen LogP contribution in [0.3, 0.4) is 0 Å². The lowest BCUT2D eigenvalue weighted by atomic mass is 10.3. The largest absolute Gasteiger partial charge is 0.339 e. The van der Waals surface area contributed by atoms with Crippen LogP contribution >= 0.6 is 0 Å². The molecule has 2 rings (SSSR count). The number of aryl methyl sites for hydroxylation is 1. The van der Waals surface area contributed by atoms with Gasteiger partial charge in [-0.05, 0) is 18.6 Å². The topological polar surface area (TPSA) is 76.5 Å². The fraction of sp³-hybridized carbons (Fsp3) is 0.500. The Morgan fingerprint density at radius 2 is 1.95 bits per heavy atom. The summed E-state index contributed by atoms with van der Waals surface area (Å²) in [6.45, 7) is 2.19. The van der Waals surface area contributed by atoms with Gasteiger partial charge in [0.05, 0.1) is 11.5 Å². The fourth-order valence-electron chi connectivity index (χ4n) is 1.94. The van der Waals surface area contributed by atoms with Crippen LogP contribution in [0, 0.1) is 6.92 Å². The molecule has 104 valence electrons. The third kappa shape index (κ3) is 3.44. The van der Waals surface area contributed by atoms with Gasteiger partial charge < -0.3 is 9.47 Å². The van der Waals surface area contributed by atoms with E-state index in [1.807, 2.05) is 6.92 Å². The van der Waals surface area contributed by atoms with Crippen molar-refractivity contribution in [3.05, 3.63) is 34.2 Å². The Morgan fingerprint density at radius 3 is 2.53 bits per heavy atom. The van der Waals surface area contributed by atoms with Gasteiger partial charge in [-0.25, -0.2) is 8.42 Å². The highest BCUT2D eigenvalue weighted by atomic mass is 32.2. The molecule has 1 saturated heterocycles. The second-order valence-electron chi connectivity index (χ2n) is 4.70. The first-order chi connectivity index (χ1) is 8.87. The zero-order chi connectivity index (χ0) is 14.0.